The van der Waals surface area contributed by atoms with Gasteiger partial charge in [0.1, 0.15) is 5.82 Å². The van der Waals surface area contributed by atoms with Gasteiger partial charge in [0.2, 0.25) is 0 Å². The van der Waals surface area contributed by atoms with Crippen LogP contribution in [0.15, 0.2) is 54.6 Å². The van der Waals surface area contributed by atoms with Crippen LogP contribution in [0.1, 0.15) is 30.3 Å². The van der Waals surface area contributed by atoms with Crippen LogP contribution in [0.5, 0.6) is 0 Å². The fourth-order valence-electron chi connectivity index (χ4n) is 2.04. The first-order chi connectivity index (χ1) is 9.22. The molecule has 0 amide bonds. The minimum Gasteiger partial charge on any atom is -0.364 e. The van der Waals surface area contributed by atoms with Crippen molar-refractivity contribution in [2.75, 3.05) is 6.54 Å². The number of hydrogen-bond acceptors (Lipinski definition) is 2. The first-order valence-electron chi connectivity index (χ1n) is 6.37. The zero-order valence-electron chi connectivity index (χ0n) is 10.9. The third-order valence-corrected chi connectivity index (χ3v) is 3.10. The number of nitrogens with two attached hydrogens (primary N) is 1. The number of hydrogen-bond donors (Lipinski definition) is 1. The Morgan fingerprint density at radius 2 is 1.68 bits per heavy atom. The van der Waals surface area contributed by atoms with Crippen LogP contribution in [0.3, 0.4) is 0 Å². The number of benzene rings is 2. The van der Waals surface area contributed by atoms with Crippen molar-refractivity contribution in [2.24, 2.45) is 5.73 Å². The van der Waals surface area contributed by atoms with Crippen molar-refractivity contribution in [1.29, 1.82) is 0 Å². The largest absolute Gasteiger partial charge is 0.364 e. The Bertz CT molecular complexity index is 515. The van der Waals surface area contributed by atoms with Crippen LogP contribution in [0.2, 0.25) is 0 Å². The van der Waals surface area contributed by atoms with Crippen molar-refractivity contribution in [3.05, 3.63) is 71.5 Å². The Hall–Kier alpha value is -1.71. The average Bonchev–Trinajstić information content (AvgIpc) is 2.46. The maximum atomic E-state index is 13.7. The van der Waals surface area contributed by atoms with Gasteiger partial charge in [-0.2, -0.15) is 0 Å². The van der Waals surface area contributed by atoms with Crippen molar-refractivity contribution in [2.45, 2.75) is 19.1 Å². The molecule has 3 heteroatoms. The molecular weight excluding hydrogens is 241 g/mol. The molecule has 2 N–H and O–H groups in total. The van der Waals surface area contributed by atoms with Gasteiger partial charge in [-0.3, -0.25) is 0 Å². The second-order valence-electron chi connectivity index (χ2n) is 4.43. The Kier molecular flexibility index (Phi) is 4.66. The zero-order valence-corrected chi connectivity index (χ0v) is 10.9. The molecule has 0 aliphatic heterocycles. The first kappa shape index (κ1) is 13.7. The summed E-state index contributed by atoms with van der Waals surface area (Å²) in [5.41, 5.74) is 7.27. The fourth-order valence-corrected chi connectivity index (χ4v) is 2.04. The van der Waals surface area contributed by atoms with Crippen LogP contribution in [-0.2, 0) is 4.74 Å². The summed E-state index contributed by atoms with van der Waals surface area (Å²) in [4.78, 5) is 0. The Morgan fingerprint density at radius 1 is 1.05 bits per heavy atom. The molecule has 2 aromatic carbocycles. The highest BCUT2D eigenvalue weighted by atomic mass is 19.1. The van der Waals surface area contributed by atoms with Crippen molar-refractivity contribution >= 4 is 0 Å². The van der Waals surface area contributed by atoms with E-state index in [9.17, 15) is 4.39 Å². The second-order valence-corrected chi connectivity index (χ2v) is 4.43. The molecule has 2 rings (SSSR count). The molecule has 0 saturated carbocycles. The molecule has 0 heterocycles. The molecule has 2 atom stereocenters. The lowest BCUT2D eigenvalue weighted by atomic mass is 10.1. The summed E-state index contributed by atoms with van der Waals surface area (Å²) < 4.78 is 19.6. The Labute approximate surface area is 113 Å². The second kappa shape index (κ2) is 6.45. The maximum absolute atomic E-state index is 13.7. The van der Waals surface area contributed by atoms with Crippen molar-refractivity contribution in [1.82, 2.24) is 0 Å². The third kappa shape index (κ3) is 3.40. The highest BCUT2D eigenvalue weighted by molar-refractivity contribution is 5.21. The van der Waals surface area contributed by atoms with Crippen molar-refractivity contribution in [3.8, 4) is 0 Å². The summed E-state index contributed by atoms with van der Waals surface area (Å²) >= 11 is 0. The number of ether oxygens (including phenoxy) is 1. The highest BCUT2D eigenvalue weighted by Gasteiger charge is 2.18. The topological polar surface area (TPSA) is 35.2 Å². The van der Waals surface area contributed by atoms with Gasteiger partial charge in [-0.05, 0) is 18.6 Å². The van der Waals surface area contributed by atoms with Gasteiger partial charge >= 0.3 is 0 Å². The van der Waals surface area contributed by atoms with Gasteiger partial charge in [0.25, 0.3) is 0 Å². The third-order valence-electron chi connectivity index (χ3n) is 3.10. The van der Waals surface area contributed by atoms with E-state index < -0.39 is 6.10 Å². The molecule has 0 radical (unpaired) electrons. The van der Waals surface area contributed by atoms with E-state index >= 15 is 0 Å². The van der Waals surface area contributed by atoms with E-state index in [1.165, 1.54) is 6.07 Å². The fraction of sp³-hybridized carbons (Fsp3) is 0.250. The molecule has 0 spiro atoms. The molecule has 19 heavy (non-hydrogen) atoms. The van der Waals surface area contributed by atoms with E-state index in [0.717, 1.165) is 5.56 Å². The average molecular weight is 259 g/mol. The van der Waals surface area contributed by atoms with Gasteiger partial charge in [-0.15, -0.1) is 0 Å². The van der Waals surface area contributed by atoms with Crippen LogP contribution in [0.25, 0.3) is 0 Å². The van der Waals surface area contributed by atoms with Gasteiger partial charge in [-0.25, -0.2) is 4.39 Å². The van der Waals surface area contributed by atoms with E-state index in [1.807, 2.05) is 37.3 Å². The zero-order chi connectivity index (χ0) is 13.7. The summed E-state index contributed by atoms with van der Waals surface area (Å²) in [6, 6.07) is 16.4. The summed E-state index contributed by atoms with van der Waals surface area (Å²) in [7, 11) is 0. The molecule has 2 unspecified atom stereocenters. The van der Waals surface area contributed by atoms with E-state index in [-0.39, 0.29) is 18.5 Å². The molecule has 0 aliphatic rings. The van der Waals surface area contributed by atoms with Crippen LogP contribution >= 0.6 is 0 Å². The number of rotatable bonds is 5. The van der Waals surface area contributed by atoms with Gasteiger partial charge in [-0.1, -0.05) is 48.5 Å². The van der Waals surface area contributed by atoms with Crippen LogP contribution in [0.4, 0.5) is 4.39 Å². The molecule has 0 aliphatic carbocycles. The summed E-state index contributed by atoms with van der Waals surface area (Å²) in [5.74, 6) is -0.279. The number of halogens is 1. The molecule has 0 fully saturated rings. The van der Waals surface area contributed by atoms with Gasteiger partial charge in [0.05, 0.1) is 12.2 Å². The normalized spacial score (nSPS) is 14.1. The molecule has 0 saturated heterocycles. The molecule has 0 bridgehead atoms. The minimum absolute atomic E-state index is 0.130. The molecule has 0 aromatic heterocycles. The summed E-state index contributed by atoms with van der Waals surface area (Å²) in [5, 5.41) is 0. The van der Waals surface area contributed by atoms with E-state index in [2.05, 4.69) is 0 Å². The van der Waals surface area contributed by atoms with Gasteiger partial charge in [0.15, 0.2) is 0 Å². The van der Waals surface area contributed by atoms with Crippen LogP contribution in [0, 0.1) is 5.82 Å². The molecule has 2 nitrogen and oxygen atoms in total. The highest BCUT2D eigenvalue weighted by Crippen LogP contribution is 2.27. The van der Waals surface area contributed by atoms with Gasteiger partial charge in [0, 0.05) is 12.1 Å². The van der Waals surface area contributed by atoms with Crippen molar-refractivity contribution in [3.63, 3.8) is 0 Å². The van der Waals surface area contributed by atoms with Gasteiger partial charge < -0.3 is 10.5 Å². The van der Waals surface area contributed by atoms with Crippen molar-refractivity contribution < 1.29 is 9.13 Å². The molecule has 2 aromatic rings. The standard InChI is InChI=1S/C16H18FNO/c1-12(13-7-3-2-4-8-13)19-16(11-18)14-9-5-6-10-15(14)17/h2-10,12,16H,11,18H2,1H3. The first-order valence-corrected chi connectivity index (χ1v) is 6.37. The lowest BCUT2D eigenvalue weighted by Gasteiger charge is -2.22. The predicted molar refractivity (Wildman–Crippen MR) is 74.1 cm³/mol. The smallest absolute Gasteiger partial charge is 0.129 e. The predicted octanol–water partition coefficient (Wildman–Crippen LogP) is 3.60. The lowest BCUT2D eigenvalue weighted by molar-refractivity contribution is -0.00156. The molecule has 100 valence electrons. The lowest BCUT2D eigenvalue weighted by Crippen LogP contribution is -2.18. The van der Waals surface area contributed by atoms with E-state index in [0.29, 0.717) is 5.56 Å². The SMILES string of the molecule is CC(OC(CN)c1ccccc1F)c1ccccc1. The van der Waals surface area contributed by atoms with Crippen LogP contribution in [-0.4, -0.2) is 6.54 Å². The van der Waals surface area contributed by atoms with E-state index in [4.69, 9.17) is 10.5 Å². The van der Waals surface area contributed by atoms with E-state index in [1.54, 1.807) is 18.2 Å². The quantitative estimate of drug-likeness (QED) is 0.890. The minimum atomic E-state index is -0.434. The Morgan fingerprint density at radius 3 is 2.32 bits per heavy atom. The Balaban J connectivity index is 2.14. The summed E-state index contributed by atoms with van der Waals surface area (Å²) in [6.45, 7) is 2.19. The monoisotopic (exact) mass is 259 g/mol. The molecular formula is C16H18FNO. The van der Waals surface area contributed by atoms with Crippen LogP contribution < -0.4 is 5.73 Å². The maximum Gasteiger partial charge on any atom is 0.129 e. The summed E-state index contributed by atoms with van der Waals surface area (Å²) in [6.07, 6.45) is -0.564.